The minimum Gasteiger partial charge on any atom is -0.455 e. The molecule has 3 nitrogen and oxygen atoms in total. The van der Waals surface area contributed by atoms with E-state index in [1.165, 1.54) is 21.9 Å². The van der Waals surface area contributed by atoms with Gasteiger partial charge in [0.2, 0.25) is 0 Å². The van der Waals surface area contributed by atoms with Crippen molar-refractivity contribution in [1.82, 2.24) is 0 Å². The third-order valence-corrected chi connectivity index (χ3v) is 13.3. The van der Waals surface area contributed by atoms with Crippen molar-refractivity contribution < 1.29 is 8.83 Å². The molecule has 3 heteroatoms. The Hall–Kier alpha value is -8.92. The van der Waals surface area contributed by atoms with Gasteiger partial charge in [0.1, 0.15) is 16.7 Å². The van der Waals surface area contributed by atoms with Crippen molar-refractivity contribution in [2.24, 2.45) is 0 Å². The van der Waals surface area contributed by atoms with E-state index in [-0.39, 0.29) is 0 Å². The molecule has 0 bridgehead atoms. The summed E-state index contributed by atoms with van der Waals surface area (Å²) in [7, 11) is 0. The summed E-state index contributed by atoms with van der Waals surface area (Å²) < 4.78 is 14.1. The molecule has 2 heterocycles. The number of anilines is 3. The van der Waals surface area contributed by atoms with Gasteiger partial charge in [-0.15, -0.1) is 0 Å². The normalized spacial score (nSPS) is 11.6. The van der Waals surface area contributed by atoms with Crippen molar-refractivity contribution in [2.45, 2.75) is 0 Å². The van der Waals surface area contributed by atoms with E-state index < -0.39 is 0 Å². The summed E-state index contributed by atoms with van der Waals surface area (Å²) in [6.45, 7) is 0. The van der Waals surface area contributed by atoms with Gasteiger partial charge >= 0.3 is 0 Å². The fraction of sp³-hybridized carbons (Fsp3) is 0. The van der Waals surface area contributed by atoms with Crippen LogP contribution in [0.3, 0.4) is 0 Å². The van der Waals surface area contributed by atoms with Crippen molar-refractivity contribution in [2.75, 3.05) is 4.90 Å². The molecule has 0 aliphatic heterocycles. The molecular weight excluding hydrogens is 815 g/mol. The van der Waals surface area contributed by atoms with Gasteiger partial charge < -0.3 is 13.7 Å². The Bertz CT molecular complexity index is 3940. The first-order valence-corrected chi connectivity index (χ1v) is 22.8. The number of benzene rings is 11. The van der Waals surface area contributed by atoms with Gasteiger partial charge in [0.25, 0.3) is 0 Å². The van der Waals surface area contributed by atoms with Crippen molar-refractivity contribution in [3.05, 3.63) is 249 Å². The zero-order chi connectivity index (χ0) is 44.3. The first-order valence-electron chi connectivity index (χ1n) is 22.8. The number of fused-ring (bicyclic) bond motifs is 7. The Morgan fingerprint density at radius 3 is 1.46 bits per heavy atom. The molecule has 0 saturated heterocycles. The lowest BCUT2D eigenvalue weighted by Crippen LogP contribution is -2.10. The van der Waals surface area contributed by atoms with Crippen LogP contribution in [0.4, 0.5) is 17.1 Å². The largest absolute Gasteiger partial charge is 0.455 e. The van der Waals surface area contributed by atoms with E-state index in [1.54, 1.807) is 0 Å². The zero-order valence-electron chi connectivity index (χ0n) is 36.4. The van der Waals surface area contributed by atoms with E-state index >= 15 is 0 Å². The van der Waals surface area contributed by atoms with E-state index in [4.69, 9.17) is 8.83 Å². The molecule has 0 N–H and O–H groups in total. The van der Waals surface area contributed by atoms with Crippen molar-refractivity contribution in [3.8, 4) is 55.6 Å². The summed E-state index contributed by atoms with van der Waals surface area (Å²) >= 11 is 0. The average molecular weight is 856 g/mol. The topological polar surface area (TPSA) is 29.5 Å². The lowest BCUT2D eigenvalue weighted by atomic mass is 9.96. The van der Waals surface area contributed by atoms with E-state index in [1.807, 2.05) is 0 Å². The van der Waals surface area contributed by atoms with Gasteiger partial charge in [-0.3, -0.25) is 0 Å². The highest BCUT2D eigenvalue weighted by Gasteiger charge is 2.25. The third kappa shape index (κ3) is 6.67. The average Bonchev–Trinajstić information content (AvgIpc) is 3.98. The number of para-hydroxylation sites is 1. The lowest BCUT2D eigenvalue weighted by Gasteiger charge is -2.27. The molecule has 0 spiro atoms. The Morgan fingerprint density at radius 2 is 0.761 bits per heavy atom. The van der Waals surface area contributed by atoms with Gasteiger partial charge in [0, 0.05) is 27.4 Å². The number of rotatable bonds is 8. The third-order valence-electron chi connectivity index (χ3n) is 13.3. The van der Waals surface area contributed by atoms with Crippen LogP contribution in [0, 0.1) is 0 Å². The molecule has 0 aliphatic carbocycles. The van der Waals surface area contributed by atoms with Crippen LogP contribution in [0.2, 0.25) is 0 Å². The van der Waals surface area contributed by atoms with E-state index in [0.717, 1.165) is 105 Å². The first kappa shape index (κ1) is 38.5. The highest BCUT2D eigenvalue weighted by molar-refractivity contribution is 6.19. The van der Waals surface area contributed by atoms with Crippen molar-refractivity contribution in [3.63, 3.8) is 0 Å². The minimum absolute atomic E-state index is 0.815. The molecule has 0 atom stereocenters. The smallest absolute Gasteiger partial charge is 0.159 e. The number of hydrogen-bond acceptors (Lipinski definition) is 3. The number of hydrogen-bond donors (Lipinski definition) is 0. The predicted octanol–water partition coefficient (Wildman–Crippen LogP) is 18.4. The second-order valence-corrected chi connectivity index (χ2v) is 17.2. The molecule has 314 valence electrons. The summed E-state index contributed by atoms with van der Waals surface area (Å²) in [5.41, 5.74) is 17.6. The van der Waals surface area contributed by atoms with Gasteiger partial charge in [0.05, 0.1) is 16.8 Å². The van der Waals surface area contributed by atoms with Crippen LogP contribution in [0.1, 0.15) is 0 Å². The van der Waals surface area contributed by atoms with Crippen LogP contribution in [0.15, 0.2) is 258 Å². The van der Waals surface area contributed by atoms with Crippen LogP contribution in [-0.2, 0) is 0 Å². The maximum Gasteiger partial charge on any atom is 0.159 e. The SMILES string of the molecule is c1ccc(-c2ccc3c(c2)oc2c(N(c4ccc(-c5ccc(-c6cccc7ccccc67)cc5)cc4)c4ccc(-c5ccccc5)c5oc6cc(-c7ccccc7)ccc6c45)cccc23)cc1. The van der Waals surface area contributed by atoms with Crippen molar-refractivity contribution in [1.29, 1.82) is 0 Å². The first-order chi connectivity index (χ1) is 33.2. The molecule has 0 fully saturated rings. The Morgan fingerprint density at radius 1 is 0.269 bits per heavy atom. The number of furan rings is 2. The Balaban J connectivity index is 1.00. The zero-order valence-corrected chi connectivity index (χ0v) is 36.4. The minimum atomic E-state index is 0.815. The maximum atomic E-state index is 7.05. The summed E-state index contributed by atoms with van der Waals surface area (Å²) in [6.07, 6.45) is 0. The van der Waals surface area contributed by atoms with Gasteiger partial charge in [-0.05, 0) is 115 Å². The Labute approximate surface area is 388 Å². The molecule has 0 aliphatic rings. The van der Waals surface area contributed by atoms with E-state index in [0.29, 0.717) is 0 Å². The highest BCUT2D eigenvalue weighted by Crippen LogP contribution is 2.49. The summed E-state index contributed by atoms with van der Waals surface area (Å²) in [4.78, 5) is 2.35. The molecule has 0 saturated carbocycles. The number of nitrogens with zero attached hydrogens (tertiary/aromatic N) is 1. The quantitative estimate of drug-likeness (QED) is 0.152. The van der Waals surface area contributed by atoms with Crippen molar-refractivity contribution >= 4 is 71.7 Å². The van der Waals surface area contributed by atoms with Gasteiger partial charge in [-0.25, -0.2) is 0 Å². The molecule has 13 rings (SSSR count). The Kier molecular flexibility index (Phi) is 9.17. The van der Waals surface area contributed by atoms with Gasteiger partial charge in [-0.1, -0.05) is 194 Å². The second kappa shape index (κ2) is 16.0. The molecule has 67 heavy (non-hydrogen) atoms. The van der Waals surface area contributed by atoms with Crippen LogP contribution < -0.4 is 4.90 Å². The summed E-state index contributed by atoms with van der Waals surface area (Å²) in [6, 6.07) is 88.6. The van der Waals surface area contributed by atoms with Gasteiger partial charge in [0.15, 0.2) is 5.58 Å². The fourth-order valence-corrected chi connectivity index (χ4v) is 10.0. The molecule has 0 unspecified atom stereocenters. The molecular formula is C64H41NO2. The molecule has 0 radical (unpaired) electrons. The van der Waals surface area contributed by atoms with Gasteiger partial charge in [-0.2, -0.15) is 0 Å². The fourth-order valence-electron chi connectivity index (χ4n) is 10.0. The molecule has 0 amide bonds. The summed E-state index contributed by atoms with van der Waals surface area (Å²) in [5.74, 6) is 0. The second-order valence-electron chi connectivity index (χ2n) is 17.2. The van der Waals surface area contributed by atoms with Crippen LogP contribution >= 0.6 is 0 Å². The predicted molar refractivity (Wildman–Crippen MR) is 280 cm³/mol. The highest BCUT2D eigenvalue weighted by atomic mass is 16.3. The van der Waals surface area contributed by atoms with E-state index in [2.05, 4.69) is 254 Å². The van der Waals surface area contributed by atoms with Crippen LogP contribution in [-0.4, -0.2) is 0 Å². The van der Waals surface area contributed by atoms with E-state index in [9.17, 15) is 0 Å². The monoisotopic (exact) mass is 855 g/mol. The molecule has 2 aromatic heterocycles. The lowest BCUT2D eigenvalue weighted by molar-refractivity contribution is 0.668. The molecule has 13 aromatic rings. The maximum absolute atomic E-state index is 7.05. The summed E-state index contributed by atoms with van der Waals surface area (Å²) in [5, 5.41) is 6.70. The molecule has 11 aromatic carbocycles. The standard InChI is InChI=1S/C64H41NO2/c1-4-14-42(15-5-1)49-32-36-55-56-24-13-25-59(63(56)66-60(55)40-49)65(51-34-30-45(31-35-51)44-26-28-48(29-27-44)53-23-12-21-46-20-10-11-22-52(46)53)58-39-38-54(47-18-8-3-9-19-47)64-62(58)57-37-33-50(41-61(57)67-64)43-16-6-2-7-17-43/h1-41H. The van der Waals surface area contributed by atoms with Crippen LogP contribution in [0.5, 0.6) is 0 Å². The van der Waals surface area contributed by atoms with Crippen LogP contribution in [0.25, 0.3) is 110 Å².